The SMILES string of the molecule is CCCCC(CC)COc1c2cc(C(=O)O)sc2cc2c(OCC(CC)CCCC)c3cc(C(=O)O)sc3cc12.CCCCC(CC)COc1c2cc(C(=O)OCC)sc2cc2c(OCC(CC)CCCC)c3cc(C(=O)OCC)sc3cc12. The second-order valence-corrected chi connectivity index (χ2v) is 26.4. The summed E-state index contributed by atoms with van der Waals surface area (Å²) in [6.07, 6.45) is 17.6. The molecule has 8 rings (SSSR count). The molecule has 16 heteroatoms. The van der Waals surface area contributed by atoms with Crippen LogP contribution in [0, 0.1) is 23.7 Å². The van der Waals surface area contributed by atoms with Gasteiger partial charge in [0.15, 0.2) is 0 Å². The first-order chi connectivity index (χ1) is 40.7. The Labute approximate surface area is 512 Å². The number of aromatic carboxylic acids is 2. The van der Waals surface area contributed by atoms with Gasteiger partial charge >= 0.3 is 23.9 Å². The zero-order chi connectivity index (χ0) is 60.5. The Morgan fingerprint density at radius 3 is 0.810 bits per heavy atom. The van der Waals surface area contributed by atoms with Gasteiger partial charge in [-0.1, -0.05) is 132 Å². The van der Waals surface area contributed by atoms with Crippen LogP contribution < -0.4 is 18.9 Å². The molecule has 0 spiro atoms. The van der Waals surface area contributed by atoms with Gasteiger partial charge in [-0.25, -0.2) is 19.2 Å². The van der Waals surface area contributed by atoms with Gasteiger partial charge in [0.25, 0.3) is 0 Å². The highest BCUT2D eigenvalue weighted by atomic mass is 32.1. The fraction of sp³-hybridized carbons (Fsp3) is 0.529. The second-order valence-electron chi connectivity index (χ2n) is 22.1. The number of fused-ring (bicyclic) bond motifs is 6. The highest BCUT2D eigenvalue weighted by Gasteiger charge is 2.26. The molecule has 0 radical (unpaired) electrons. The Bertz CT molecular complexity index is 3260. The van der Waals surface area contributed by atoms with Crippen LogP contribution in [0.4, 0.5) is 0 Å². The summed E-state index contributed by atoms with van der Waals surface area (Å²) in [5.41, 5.74) is 0. The van der Waals surface area contributed by atoms with Crippen molar-refractivity contribution < 1.29 is 57.8 Å². The minimum absolute atomic E-state index is 0.260. The molecule has 2 N–H and O–H groups in total. The summed E-state index contributed by atoms with van der Waals surface area (Å²) in [4.78, 5) is 51.0. The fourth-order valence-electron chi connectivity index (χ4n) is 10.8. The van der Waals surface area contributed by atoms with Crippen LogP contribution >= 0.6 is 45.3 Å². The summed E-state index contributed by atoms with van der Waals surface area (Å²) < 4.78 is 40.9. The van der Waals surface area contributed by atoms with Crippen molar-refractivity contribution >= 4 is 131 Å². The molecule has 0 saturated heterocycles. The molecule has 0 amide bonds. The first-order valence-corrected chi connectivity index (χ1v) is 34.2. The molecule has 4 heterocycles. The summed E-state index contributed by atoms with van der Waals surface area (Å²) in [7, 11) is 0. The maximum Gasteiger partial charge on any atom is 0.348 e. The molecule has 0 saturated carbocycles. The summed E-state index contributed by atoms with van der Waals surface area (Å²) in [5, 5.41) is 26.4. The zero-order valence-electron chi connectivity index (χ0n) is 51.1. The van der Waals surface area contributed by atoms with Crippen molar-refractivity contribution in [2.45, 2.75) is 172 Å². The van der Waals surface area contributed by atoms with E-state index >= 15 is 0 Å². The number of carbonyl (C=O) groups is 4. The minimum Gasteiger partial charge on any atom is -0.492 e. The first kappa shape index (κ1) is 65.9. The lowest BCUT2D eigenvalue weighted by atomic mass is 9.99. The quantitative estimate of drug-likeness (QED) is 0.0368. The number of benzene rings is 4. The van der Waals surface area contributed by atoms with E-state index in [9.17, 15) is 29.4 Å². The molecule has 0 aliphatic carbocycles. The molecule has 84 heavy (non-hydrogen) atoms. The third kappa shape index (κ3) is 16.0. The summed E-state index contributed by atoms with van der Waals surface area (Å²) in [6.45, 7) is 24.1. The number of thiophene rings is 4. The Morgan fingerprint density at radius 1 is 0.357 bits per heavy atom. The lowest BCUT2D eigenvalue weighted by Gasteiger charge is -2.20. The van der Waals surface area contributed by atoms with Gasteiger partial charge in [0, 0.05) is 61.9 Å². The van der Waals surface area contributed by atoms with Crippen molar-refractivity contribution in [3.8, 4) is 23.0 Å². The Morgan fingerprint density at radius 2 is 0.595 bits per heavy atom. The van der Waals surface area contributed by atoms with E-state index in [0.717, 1.165) is 163 Å². The van der Waals surface area contributed by atoms with Crippen LogP contribution in [0.5, 0.6) is 23.0 Å². The molecule has 12 nitrogen and oxygen atoms in total. The molecule has 0 fully saturated rings. The van der Waals surface area contributed by atoms with Gasteiger partial charge in [0.1, 0.15) is 42.5 Å². The van der Waals surface area contributed by atoms with Gasteiger partial charge in [-0.05, 0) is 112 Å². The molecule has 0 bridgehead atoms. The van der Waals surface area contributed by atoms with E-state index in [4.69, 9.17) is 28.4 Å². The predicted molar refractivity (Wildman–Crippen MR) is 350 cm³/mol. The number of carboxylic acid groups (broad SMARTS) is 2. The van der Waals surface area contributed by atoms with Crippen molar-refractivity contribution in [1.82, 2.24) is 0 Å². The van der Waals surface area contributed by atoms with Gasteiger partial charge in [0.2, 0.25) is 0 Å². The normalized spacial score (nSPS) is 13.1. The maximum atomic E-state index is 12.8. The Balaban J connectivity index is 0.000000242. The summed E-state index contributed by atoms with van der Waals surface area (Å²) >= 11 is 5.29. The number of ether oxygens (including phenoxy) is 6. The predicted octanol–water partition coefficient (Wildman–Crippen LogP) is 20.7. The van der Waals surface area contributed by atoms with Crippen molar-refractivity contribution in [2.24, 2.45) is 23.7 Å². The monoisotopic (exact) mass is 1220 g/mol. The zero-order valence-corrected chi connectivity index (χ0v) is 54.4. The van der Waals surface area contributed by atoms with Crippen LogP contribution in [-0.2, 0) is 9.47 Å². The topological polar surface area (TPSA) is 164 Å². The largest absolute Gasteiger partial charge is 0.492 e. The van der Waals surface area contributed by atoms with Gasteiger partial charge in [-0.15, -0.1) is 45.3 Å². The summed E-state index contributed by atoms with van der Waals surface area (Å²) in [5.74, 6) is 1.91. The molecule has 8 aromatic rings. The van der Waals surface area contributed by atoms with E-state index in [1.807, 2.05) is 38.1 Å². The van der Waals surface area contributed by atoms with E-state index in [2.05, 4.69) is 67.5 Å². The minimum atomic E-state index is -0.962. The molecule has 456 valence electrons. The smallest absolute Gasteiger partial charge is 0.348 e. The third-order valence-electron chi connectivity index (χ3n) is 16.1. The van der Waals surface area contributed by atoms with Gasteiger partial charge in [-0.2, -0.15) is 0 Å². The lowest BCUT2D eigenvalue weighted by molar-refractivity contribution is 0.0522. The average Bonchev–Trinajstić information content (AvgIpc) is 4.53. The van der Waals surface area contributed by atoms with Crippen LogP contribution in [0.15, 0.2) is 48.5 Å². The number of hydrogen-bond acceptors (Lipinski definition) is 14. The molecular weight excluding hydrogens is 1140 g/mol. The molecule has 4 atom stereocenters. The van der Waals surface area contributed by atoms with Gasteiger partial charge < -0.3 is 38.6 Å². The Hall–Kier alpha value is -5.68. The molecular formula is C68H88O12S4. The van der Waals surface area contributed by atoms with Crippen molar-refractivity contribution in [1.29, 1.82) is 0 Å². The standard InChI is InChI=1S/C36H48O6S2.C32H40O6S2/c1-7-13-15-23(9-3)21-41-33-25-17-30-28(20-32(44-30)36(38)40-12-6)34(42-22-24(10-4)16-14-8-2)26(25)18-29-27(33)19-31(43-29)35(37)39-11-5;1-5-9-11-19(7-3)17-37-29-21-13-26-24(16-28(40-26)32(35)36)30(38-18-20(8-4)12-10-6-2)22(21)14-25-23(29)15-27(39-25)31(33)34/h17-20,23-24H,7-16,21-22H2,1-6H3;13-16,19-20H,5-12,17-18H2,1-4H3,(H,33,34)(H,35,36). The van der Waals surface area contributed by atoms with Crippen LogP contribution in [0.1, 0.15) is 211 Å². The van der Waals surface area contributed by atoms with Crippen LogP contribution in [0.3, 0.4) is 0 Å². The number of unbranched alkanes of at least 4 members (excludes halogenated alkanes) is 4. The van der Waals surface area contributed by atoms with E-state index in [1.165, 1.54) is 58.2 Å². The highest BCUT2D eigenvalue weighted by Crippen LogP contribution is 2.50. The van der Waals surface area contributed by atoms with Crippen molar-refractivity contribution in [3.63, 3.8) is 0 Å². The number of carboxylic acids is 2. The molecule has 0 aliphatic rings. The number of rotatable bonds is 34. The summed E-state index contributed by atoms with van der Waals surface area (Å²) in [6, 6.07) is 15.4. The second kappa shape index (κ2) is 32.2. The van der Waals surface area contributed by atoms with E-state index in [-0.39, 0.29) is 21.7 Å². The van der Waals surface area contributed by atoms with E-state index in [1.54, 1.807) is 12.1 Å². The fourth-order valence-corrected chi connectivity index (χ4v) is 14.6. The lowest BCUT2D eigenvalue weighted by Crippen LogP contribution is -2.12. The number of esters is 2. The van der Waals surface area contributed by atoms with E-state index in [0.29, 0.717) is 84.6 Å². The molecule has 4 aromatic heterocycles. The van der Waals surface area contributed by atoms with Gasteiger partial charge in [0.05, 0.1) is 39.6 Å². The third-order valence-corrected chi connectivity index (χ3v) is 20.3. The molecule has 4 unspecified atom stereocenters. The number of hydrogen-bond donors (Lipinski definition) is 2. The van der Waals surface area contributed by atoms with E-state index < -0.39 is 11.9 Å². The molecule has 0 aliphatic heterocycles. The highest BCUT2D eigenvalue weighted by molar-refractivity contribution is 7.22. The van der Waals surface area contributed by atoms with Gasteiger partial charge in [-0.3, -0.25) is 0 Å². The van der Waals surface area contributed by atoms with Crippen molar-refractivity contribution in [2.75, 3.05) is 39.6 Å². The molecule has 4 aromatic carbocycles. The van der Waals surface area contributed by atoms with Crippen LogP contribution in [-0.4, -0.2) is 73.7 Å². The number of carbonyl (C=O) groups excluding carboxylic acids is 2. The van der Waals surface area contributed by atoms with Crippen LogP contribution in [0.25, 0.3) is 61.9 Å². The van der Waals surface area contributed by atoms with Crippen molar-refractivity contribution in [3.05, 3.63) is 68.0 Å². The average molecular weight is 1230 g/mol. The Kier molecular flexibility index (Phi) is 25.2. The first-order valence-electron chi connectivity index (χ1n) is 30.9. The maximum absolute atomic E-state index is 12.8. The van der Waals surface area contributed by atoms with Crippen LogP contribution in [0.2, 0.25) is 0 Å².